The van der Waals surface area contributed by atoms with Crippen LogP contribution in [0, 0.1) is 0 Å². The van der Waals surface area contributed by atoms with Crippen LogP contribution >= 0.6 is 0 Å². The van der Waals surface area contributed by atoms with E-state index in [0.717, 1.165) is 18.3 Å². The van der Waals surface area contributed by atoms with Gasteiger partial charge in [-0.1, -0.05) is 0 Å². The third-order valence-corrected chi connectivity index (χ3v) is 2.48. The number of nitrogens with zero attached hydrogens (tertiary/aromatic N) is 1. The van der Waals surface area contributed by atoms with Crippen LogP contribution < -0.4 is 5.43 Å². The minimum atomic E-state index is -1.43. The van der Waals surface area contributed by atoms with Gasteiger partial charge in [-0.2, -0.15) is 0 Å². The van der Waals surface area contributed by atoms with Crippen molar-refractivity contribution in [1.82, 2.24) is 4.57 Å². The largest absolute Gasteiger partial charge is 0.477 e. The van der Waals surface area contributed by atoms with E-state index in [1.54, 1.807) is 0 Å². The Hall–Kier alpha value is -2.50. The first-order valence-electron chi connectivity index (χ1n) is 4.67. The molecule has 0 unspecified atom stereocenters. The maximum Gasteiger partial charge on any atom is 0.341 e. The van der Waals surface area contributed by atoms with Crippen LogP contribution in [0.2, 0.25) is 0 Å². The molecule has 0 atom stereocenters. The van der Waals surface area contributed by atoms with Gasteiger partial charge < -0.3 is 9.67 Å². The van der Waals surface area contributed by atoms with E-state index >= 15 is 0 Å². The molecule has 6 heteroatoms. The fraction of sp³-hybridized carbons (Fsp3) is 0.0909. The molecular formula is C11H7NO5. The number of carbonyl (C=O) groups is 3. The van der Waals surface area contributed by atoms with Gasteiger partial charge in [0.2, 0.25) is 11.2 Å². The molecule has 1 aromatic rings. The van der Waals surface area contributed by atoms with Gasteiger partial charge in [0.05, 0.1) is 5.56 Å². The molecule has 1 aromatic heterocycles. The molecule has 0 spiro atoms. The first kappa shape index (κ1) is 11.0. The zero-order chi connectivity index (χ0) is 12.7. The van der Waals surface area contributed by atoms with E-state index in [4.69, 9.17) is 5.11 Å². The first-order chi connectivity index (χ1) is 7.93. The molecule has 1 heterocycles. The van der Waals surface area contributed by atoms with E-state index in [0.29, 0.717) is 0 Å². The van der Waals surface area contributed by atoms with Crippen molar-refractivity contribution in [2.24, 2.45) is 7.05 Å². The maximum absolute atomic E-state index is 11.8. The lowest BCUT2D eigenvalue weighted by Gasteiger charge is -2.13. The van der Waals surface area contributed by atoms with Gasteiger partial charge in [-0.05, 0) is 12.2 Å². The molecule has 2 rings (SSSR count). The van der Waals surface area contributed by atoms with Crippen molar-refractivity contribution in [3.63, 3.8) is 0 Å². The van der Waals surface area contributed by atoms with Crippen LogP contribution in [0.3, 0.4) is 0 Å². The van der Waals surface area contributed by atoms with Crippen molar-refractivity contribution in [3.8, 4) is 0 Å². The molecule has 0 aliphatic heterocycles. The number of allylic oxidation sites excluding steroid dienone is 2. The average molecular weight is 233 g/mol. The van der Waals surface area contributed by atoms with Gasteiger partial charge in [0, 0.05) is 13.2 Å². The molecule has 1 aliphatic rings. The van der Waals surface area contributed by atoms with E-state index in [2.05, 4.69) is 0 Å². The van der Waals surface area contributed by atoms with Gasteiger partial charge in [0.15, 0.2) is 5.78 Å². The Morgan fingerprint density at radius 3 is 2.35 bits per heavy atom. The van der Waals surface area contributed by atoms with Crippen LogP contribution in [0.1, 0.15) is 31.2 Å². The molecule has 0 radical (unpaired) electrons. The highest BCUT2D eigenvalue weighted by Crippen LogP contribution is 2.13. The first-order valence-corrected chi connectivity index (χ1v) is 4.67. The van der Waals surface area contributed by atoms with Crippen molar-refractivity contribution in [1.29, 1.82) is 0 Å². The van der Waals surface area contributed by atoms with Crippen LogP contribution in [0.15, 0.2) is 23.1 Å². The molecule has 6 nitrogen and oxygen atoms in total. The summed E-state index contributed by atoms with van der Waals surface area (Å²) < 4.78 is 1.18. The number of hydrogen-bond donors (Lipinski definition) is 1. The number of carboxylic acid groups (broad SMARTS) is 1. The quantitative estimate of drug-likeness (QED) is 0.737. The van der Waals surface area contributed by atoms with Crippen molar-refractivity contribution < 1.29 is 19.5 Å². The van der Waals surface area contributed by atoms with E-state index in [9.17, 15) is 19.2 Å². The molecule has 0 fully saturated rings. The number of rotatable bonds is 1. The third kappa shape index (κ3) is 1.50. The maximum atomic E-state index is 11.8. The van der Waals surface area contributed by atoms with Crippen molar-refractivity contribution in [3.05, 3.63) is 45.4 Å². The van der Waals surface area contributed by atoms with Crippen molar-refractivity contribution in [2.75, 3.05) is 0 Å². The number of carbonyl (C=O) groups excluding carboxylic acids is 2. The van der Waals surface area contributed by atoms with Crippen molar-refractivity contribution >= 4 is 17.5 Å². The zero-order valence-corrected chi connectivity index (χ0v) is 8.76. The SMILES string of the molecule is Cn1cc(C(=O)O)c(=O)c2c1C(=O)C=CC2=O. The molecule has 1 aliphatic carbocycles. The minimum Gasteiger partial charge on any atom is -0.477 e. The van der Waals surface area contributed by atoms with Gasteiger partial charge in [-0.25, -0.2) is 4.79 Å². The molecule has 86 valence electrons. The van der Waals surface area contributed by atoms with E-state index in [1.165, 1.54) is 11.6 Å². The number of hydrogen-bond acceptors (Lipinski definition) is 4. The molecule has 0 bridgehead atoms. The van der Waals surface area contributed by atoms with Gasteiger partial charge in [-0.3, -0.25) is 14.4 Å². The molecule has 0 saturated heterocycles. The molecule has 0 saturated carbocycles. The van der Waals surface area contributed by atoms with Crippen molar-refractivity contribution in [2.45, 2.75) is 0 Å². The summed E-state index contributed by atoms with van der Waals surface area (Å²) in [4.78, 5) is 45.7. The average Bonchev–Trinajstić information content (AvgIpc) is 2.26. The Labute approximate surface area is 94.8 Å². The number of carboxylic acids is 1. The van der Waals surface area contributed by atoms with Gasteiger partial charge >= 0.3 is 5.97 Å². The predicted octanol–water partition coefficient (Wildman–Crippen LogP) is 0.0187. The highest BCUT2D eigenvalue weighted by molar-refractivity contribution is 6.21. The lowest BCUT2D eigenvalue weighted by molar-refractivity contribution is 0.0693. The topological polar surface area (TPSA) is 93.4 Å². The number of ketones is 2. The molecular weight excluding hydrogens is 226 g/mol. The van der Waals surface area contributed by atoms with Gasteiger partial charge in [0.1, 0.15) is 11.3 Å². The summed E-state index contributed by atoms with van der Waals surface area (Å²) >= 11 is 0. The fourth-order valence-corrected chi connectivity index (χ4v) is 1.73. The summed E-state index contributed by atoms with van der Waals surface area (Å²) in [5.74, 6) is -2.57. The third-order valence-electron chi connectivity index (χ3n) is 2.48. The monoisotopic (exact) mass is 233 g/mol. The summed E-state index contributed by atoms with van der Waals surface area (Å²) in [6, 6.07) is 0. The smallest absolute Gasteiger partial charge is 0.341 e. The summed E-state index contributed by atoms with van der Waals surface area (Å²) in [7, 11) is 1.41. The van der Waals surface area contributed by atoms with Gasteiger partial charge in [-0.15, -0.1) is 0 Å². The number of aromatic nitrogens is 1. The molecule has 1 N–H and O–H groups in total. The van der Waals surface area contributed by atoms with E-state index < -0.39 is 28.5 Å². The second-order valence-corrected chi connectivity index (χ2v) is 3.57. The highest BCUT2D eigenvalue weighted by Gasteiger charge is 2.27. The van der Waals surface area contributed by atoms with Crippen LogP contribution in [-0.2, 0) is 7.05 Å². The number of fused-ring (bicyclic) bond motifs is 1. The zero-order valence-electron chi connectivity index (χ0n) is 8.76. The minimum absolute atomic E-state index is 0.0764. The fourth-order valence-electron chi connectivity index (χ4n) is 1.73. The normalized spacial score (nSPS) is 13.7. The van der Waals surface area contributed by atoms with Crippen LogP contribution in [0.25, 0.3) is 0 Å². The number of aryl methyl sites for hydroxylation is 1. The summed E-state index contributed by atoms with van der Waals surface area (Å²) in [6.45, 7) is 0. The Kier molecular flexibility index (Phi) is 2.27. The second kappa shape index (κ2) is 3.51. The molecule has 0 aromatic carbocycles. The van der Waals surface area contributed by atoms with E-state index in [1.807, 2.05) is 0 Å². The van der Waals surface area contributed by atoms with Crippen LogP contribution in [0.4, 0.5) is 0 Å². The number of pyridine rings is 1. The summed E-state index contributed by atoms with van der Waals surface area (Å²) in [6.07, 6.45) is 3.07. The summed E-state index contributed by atoms with van der Waals surface area (Å²) in [5, 5.41) is 8.82. The van der Waals surface area contributed by atoms with Gasteiger partial charge in [0.25, 0.3) is 0 Å². The predicted molar refractivity (Wildman–Crippen MR) is 56.4 cm³/mol. The second-order valence-electron chi connectivity index (χ2n) is 3.57. The Morgan fingerprint density at radius 2 is 1.76 bits per heavy atom. The van der Waals surface area contributed by atoms with E-state index in [-0.39, 0.29) is 11.3 Å². The summed E-state index contributed by atoms with van der Waals surface area (Å²) in [5.41, 5.74) is -1.90. The molecule has 0 amide bonds. The Bertz CT molecular complexity index is 651. The standard InChI is InChI=1S/C11H7NO5/c1-12-4-5(11(16)17)10(15)8-6(13)2-3-7(14)9(8)12/h2-4H,1H3,(H,16,17). The number of aromatic carboxylic acids is 1. The Morgan fingerprint density at radius 1 is 1.18 bits per heavy atom. The lowest BCUT2D eigenvalue weighted by Crippen LogP contribution is -2.30. The van der Waals surface area contributed by atoms with Crippen LogP contribution in [-0.4, -0.2) is 27.2 Å². The molecule has 17 heavy (non-hydrogen) atoms. The van der Waals surface area contributed by atoms with Crippen LogP contribution in [0.5, 0.6) is 0 Å². The Balaban J connectivity index is 2.92. The lowest BCUT2D eigenvalue weighted by atomic mass is 9.97. The highest BCUT2D eigenvalue weighted by atomic mass is 16.4.